The first-order valence-corrected chi connectivity index (χ1v) is 7.46. The zero-order valence-corrected chi connectivity index (χ0v) is 12.7. The van der Waals surface area contributed by atoms with Gasteiger partial charge in [-0.3, -0.25) is 10.1 Å². The third kappa shape index (κ3) is 2.93. The third-order valence-corrected chi connectivity index (χ3v) is 4.22. The smallest absolute Gasteiger partial charge is 0.244 e. The van der Waals surface area contributed by atoms with E-state index in [1.54, 1.807) is 4.90 Å². The van der Waals surface area contributed by atoms with Crippen LogP contribution in [0.3, 0.4) is 0 Å². The molecule has 2 atom stereocenters. The van der Waals surface area contributed by atoms with Gasteiger partial charge in [-0.25, -0.2) is 8.78 Å². The summed E-state index contributed by atoms with van der Waals surface area (Å²) in [7, 11) is 0. The summed E-state index contributed by atoms with van der Waals surface area (Å²) in [5.74, 6) is -1.74. The molecule has 1 fully saturated rings. The van der Waals surface area contributed by atoms with E-state index < -0.39 is 23.3 Å². The number of carbonyl (C=O) groups is 1. The number of rotatable bonds is 5. The first-order chi connectivity index (χ1) is 9.92. The Balaban J connectivity index is 2.34. The lowest BCUT2D eigenvalue weighted by atomic mass is 9.99. The van der Waals surface area contributed by atoms with Crippen molar-refractivity contribution in [3.63, 3.8) is 0 Å². The lowest BCUT2D eigenvalue weighted by molar-refractivity contribution is -0.133. The molecule has 0 radical (unpaired) electrons. The van der Waals surface area contributed by atoms with Gasteiger partial charge in [0, 0.05) is 6.54 Å². The van der Waals surface area contributed by atoms with Crippen LogP contribution in [0.4, 0.5) is 8.78 Å². The first-order valence-electron chi connectivity index (χ1n) is 7.46. The predicted octanol–water partition coefficient (Wildman–Crippen LogP) is 3.36. The molecule has 0 aromatic heterocycles. The standard InChI is InChI=1S/C16H22F2N2O/c1-4-6-9-20-14(19-16(3,5-2)15(20)21)11-7-8-12(17)13(18)10-11/h7-8,10,14,19H,4-6,9H2,1-3H3. The van der Waals surface area contributed by atoms with E-state index in [0.29, 0.717) is 18.5 Å². The average molecular weight is 296 g/mol. The summed E-state index contributed by atoms with van der Waals surface area (Å²) in [6.07, 6.45) is 2.10. The minimum absolute atomic E-state index is 0.0215. The summed E-state index contributed by atoms with van der Waals surface area (Å²) < 4.78 is 26.6. The highest BCUT2D eigenvalue weighted by Crippen LogP contribution is 2.33. The number of hydrogen-bond donors (Lipinski definition) is 1. The zero-order valence-electron chi connectivity index (χ0n) is 12.7. The van der Waals surface area contributed by atoms with Crippen LogP contribution in [0.15, 0.2) is 18.2 Å². The third-order valence-electron chi connectivity index (χ3n) is 4.22. The molecule has 3 nitrogen and oxygen atoms in total. The maximum absolute atomic E-state index is 13.5. The summed E-state index contributed by atoms with van der Waals surface area (Å²) in [6, 6.07) is 3.81. The molecule has 1 aromatic rings. The Hall–Kier alpha value is -1.49. The molecule has 116 valence electrons. The molecule has 0 saturated carbocycles. The molecule has 1 heterocycles. The van der Waals surface area contributed by atoms with Crippen LogP contribution < -0.4 is 5.32 Å². The van der Waals surface area contributed by atoms with Gasteiger partial charge >= 0.3 is 0 Å². The summed E-state index contributed by atoms with van der Waals surface area (Å²) in [5, 5.41) is 3.28. The number of halogens is 2. The Morgan fingerprint density at radius 2 is 2.00 bits per heavy atom. The molecule has 1 aliphatic heterocycles. The molecule has 1 saturated heterocycles. The fourth-order valence-electron chi connectivity index (χ4n) is 2.63. The summed E-state index contributed by atoms with van der Waals surface area (Å²) >= 11 is 0. The van der Waals surface area contributed by atoms with Gasteiger partial charge in [0.05, 0.1) is 5.54 Å². The zero-order chi connectivity index (χ0) is 15.6. The van der Waals surface area contributed by atoms with Crippen molar-refractivity contribution in [2.45, 2.75) is 51.7 Å². The van der Waals surface area contributed by atoms with Crippen molar-refractivity contribution in [1.29, 1.82) is 0 Å². The van der Waals surface area contributed by atoms with Gasteiger partial charge in [-0.15, -0.1) is 0 Å². The van der Waals surface area contributed by atoms with Crippen molar-refractivity contribution >= 4 is 5.91 Å². The van der Waals surface area contributed by atoms with Crippen LogP contribution in [-0.2, 0) is 4.79 Å². The molecule has 1 aliphatic rings. The SMILES string of the molecule is CCCCN1C(=O)C(C)(CC)NC1c1ccc(F)c(F)c1. The normalized spacial score (nSPS) is 25.7. The van der Waals surface area contributed by atoms with Gasteiger partial charge in [-0.05, 0) is 37.5 Å². The Morgan fingerprint density at radius 1 is 1.29 bits per heavy atom. The van der Waals surface area contributed by atoms with Gasteiger partial charge in [0.25, 0.3) is 0 Å². The predicted molar refractivity (Wildman–Crippen MR) is 77.6 cm³/mol. The van der Waals surface area contributed by atoms with Crippen LogP contribution >= 0.6 is 0 Å². The maximum Gasteiger partial charge on any atom is 0.244 e. The number of nitrogens with zero attached hydrogens (tertiary/aromatic N) is 1. The van der Waals surface area contributed by atoms with Crippen molar-refractivity contribution in [2.24, 2.45) is 0 Å². The largest absolute Gasteiger partial charge is 0.321 e. The van der Waals surface area contributed by atoms with Gasteiger partial charge < -0.3 is 4.90 Å². The van der Waals surface area contributed by atoms with Crippen LogP contribution in [0, 0.1) is 11.6 Å². The van der Waals surface area contributed by atoms with Crippen LogP contribution in [0.2, 0.25) is 0 Å². The second kappa shape index (κ2) is 6.10. The fourth-order valence-corrected chi connectivity index (χ4v) is 2.63. The van der Waals surface area contributed by atoms with Crippen LogP contribution in [0.25, 0.3) is 0 Å². The van der Waals surface area contributed by atoms with Gasteiger partial charge in [-0.2, -0.15) is 0 Å². The quantitative estimate of drug-likeness (QED) is 0.903. The van der Waals surface area contributed by atoms with E-state index in [2.05, 4.69) is 12.2 Å². The number of benzene rings is 1. The molecule has 1 amide bonds. The number of carbonyl (C=O) groups excluding carboxylic acids is 1. The molecular weight excluding hydrogens is 274 g/mol. The van der Waals surface area contributed by atoms with E-state index in [1.807, 2.05) is 13.8 Å². The van der Waals surface area contributed by atoms with Crippen molar-refractivity contribution < 1.29 is 13.6 Å². The van der Waals surface area contributed by atoms with Gasteiger partial charge in [0.1, 0.15) is 6.17 Å². The Kier molecular flexibility index (Phi) is 4.61. The van der Waals surface area contributed by atoms with Crippen molar-refractivity contribution in [3.05, 3.63) is 35.4 Å². The average Bonchev–Trinajstić information content (AvgIpc) is 2.73. The lowest BCUT2D eigenvalue weighted by Gasteiger charge is -2.24. The second-order valence-electron chi connectivity index (χ2n) is 5.76. The number of nitrogens with one attached hydrogen (secondary N) is 1. The molecule has 0 bridgehead atoms. The summed E-state index contributed by atoms with van der Waals surface area (Å²) in [5.41, 5.74) is -0.0703. The first kappa shape index (κ1) is 15.9. The Bertz CT molecular complexity index is 535. The van der Waals surface area contributed by atoms with Gasteiger partial charge in [-0.1, -0.05) is 26.3 Å². The highest BCUT2D eigenvalue weighted by Gasteiger charge is 2.46. The van der Waals surface area contributed by atoms with E-state index in [9.17, 15) is 13.6 Å². The minimum Gasteiger partial charge on any atom is -0.321 e. The number of amides is 1. The highest BCUT2D eigenvalue weighted by atomic mass is 19.2. The van der Waals surface area contributed by atoms with E-state index >= 15 is 0 Å². The van der Waals surface area contributed by atoms with Gasteiger partial charge in [0.2, 0.25) is 5.91 Å². The highest BCUT2D eigenvalue weighted by molar-refractivity contribution is 5.88. The molecule has 1 aromatic carbocycles. The summed E-state index contributed by atoms with van der Waals surface area (Å²) in [4.78, 5) is 14.3. The van der Waals surface area contributed by atoms with Crippen LogP contribution in [-0.4, -0.2) is 22.9 Å². The molecule has 1 N–H and O–H groups in total. The Labute approximate surface area is 124 Å². The van der Waals surface area contributed by atoms with Crippen LogP contribution in [0.1, 0.15) is 51.8 Å². The van der Waals surface area contributed by atoms with E-state index in [1.165, 1.54) is 12.1 Å². The monoisotopic (exact) mass is 296 g/mol. The Morgan fingerprint density at radius 3 is 2.57 bits per heavy atom. The van der Waals surface area contributed by atoms with Crippen LogP contribution in [0.5, 0.6) is 0 Å². The molecule has 21 heavy (non-hydrogen) atoms. The fraction of sp³-hybridized carbons (Fsp3) is 0.562. The topological polar surface area (TPSA) is 32.3 Å². The molecule has 2 rings (SSSR count). The molecule has 5 heteroatoms. The van der Waals surface area contributed by atoms with E-state index in [0.717, 1.165) is 18.9 Å². The van der Waals surface area contributed by atoms with E-state index in [-0.39, 0.29) is 5.91 Å². The van der Waals surface area contributed by atoms with E-state index in [4.69, 9.17) is 0 Å². The lowest BCUT2D eigenvalue weighted by Crippen LogP contribution is -2.43. The van der Waals surface area contributed by atoms with Crippen molar-refractivity contribution in [2.75, 3.05) is 6.54 Å². The molecular formula is C16H22F2N2O. The van der Waals surface area contributed by atoms with Crippen molar-refractivity contribution in [1.82, 2.24) is 10.2 Å². The summed E-state index contributed by atoms with van der Waals surface area (Å²) in [6.45, 7) is 6.46. The maximum atomic E-state index is 13.5. The molecule has 0 aliphatic carbocycles. The molecule has 0 spiro atoms. The number of hydrogen-bond acceptors (Lipinski definition) is 2. The van der Waals surface area contributed by atoms with Crippen molar-refractivity contribution in [3.8, 4) is 0 Å². The number of unbranched alkanes of at least 4 members (excludes halogenated alkanes) is 1. The molecule has 2 unspecified atom stereocenters. The second-order valence-corrected chi connectivity index (χ2v) is 5.76. The van der Waals surface area contributed by atoms with Gasteiger partial charge in [0.15, 0.2) is 11.6 Å². The minimum atomic E-state index is -0.887.